The van der Waals surface area contributed by atoms with Crippen molar-refractivity contribution in [3.63, 3.8) is 0 Å². The maximum Gasteiger partial charge on any atom is 0.219 e. The fraction of sp³-hybridized carbons (Fsp3) is 0.500. The van der Waals surface area contributed by atoms with Crippen molar-refractivity contribution in [3.05, 3.63) is 34.1 Å². The van der Waals surface area contributed by atoms with Crippen molar-refractivity contribution < 1.29 is 9.18 Å². The van der Waals surface area contributed by atoms with Crippen LogP contribution in [0.1, 0.15) is 18.9 Å². The molecule has 1 aliphatic heterocycles. The summed E-state index contributed by atoms with van der Waals surface area (Å²) in [5.74, 6) is -0.0834. The number of hydrogen-bond donors (Lipinski definition) is 0. The lowest BCUT2D eigenvalue weighted by Gasteiger charge is -2.21. The van der Waals surface area contributed by atoms with Crippen LogP contribution in [0.3, 0.4) is 0 Å². The molecule has 0 aliphatic carbocycles. The Morgan fingerprint density at radius 2 is 2.05 bits per heavy atom. The minimum absolute atomic E-state index is 0.135. The molecule has 1 amide bonds. The van der Waals surface area contributed by atoms with Gasteiger partial charge in [-0.2, -0.15) is 0 Å². The normalized spacial score (nSPS) is 17.3. The number of benzene rings is 1. The number of amides is 1. The highest BCUT2D eigenvalue weighted by Crippen LogP contribution is 2.17. The Labute approximate surface area is 121 Å². The van der Waals surface area contributed by atoms with Crippen molar-refractivity contribution in [1.29, 1.82) is 0 Å². The molecular weight excluding hydrogens is 311 g/mol. The van der Waals surface area contributed by atoms with Crippen LogP contribution in [-0.4, -0.2) is 41.9 Å². The molecule has 1 aromatic rings. The summed E-state index contributed by atoms with van der Waals surface area (Å²) < 4.78 is 14.1. The second-order valence-corrected chi connectivity index (χ2v) is 5.83. The number of nitrogens with zero attached hydrogens (tertiary/aromatic N) is 2. The molecule has 0 saturated carbocycles. The second-order valence-electron chi connectivity index (χ2n) is 4.91. The highest BCUT2D eigenvalue weighted by Gasteiger charge is 2.16. The van der Waals surface area contributed by atoms with Gasteiger partial charge in [-0.1, -0.05) is 15.9 Å². The van der Waals surface area contributed by atoms with E-state index in [1.54, 1.807) is 13.0 Å². The van der Waals surface area contributed by atoms with Crippen molar-refractivity contribution in [3.8, 4) is 0 Å². The van der Waals surface area contributed by atoms with Crippen LogP contribution in [0.5, 0.6) is 0 Å². The smallest absolute Gasteiger partial charge is 0.219 e. The number of carbonyl (C=O) groups is 1. The van der Waals surface area contributed by atoms with Crippen LogP contribution in [-0.2, 0) is 11.3 Å². The first-order valence-electron chi connectivity index (χ1n) is 6.47. The van der Waals surface area contributed by atoms with Gasteiger partial charge in [-0.3, -0.25) is 9.69 Å². The number of carbonyl (C=O) groups excluding carboxylic acids is 1. The SMILES string of the molecule is CC(=O)N1CCCN(Cc2cc(F)cc(Br)c2)CC1. The minimum Gasteiger partial charge on any atom is -0.342 e. The summed E-state index contributed by atoms with van der Waals surface area (Å²) in [6, 6.07) is 4.97. The molecule has 0 radical (unpaired) electrons. The topological polar surface area (TPSA) is 23.6 Å². The Bertz CT molecular complexity index is 447. The van der Waals surface area contributed by atoms with Crippen LogP contribution in [0.4, 0.5) is 4.39 Å². The van der Waals surface area contributed by atoms with E-state index in [0.29, 0.717) is 0 Å². The predicted molar refractivity (Wildman–Crippen MR) is 76.2 cm³/mol. The zero-order valence-electron chi connectivity index (χ0n) is 11.0. The van der Waals surface area contributed by atoms with E-state index in [1.165, 1.54) is 6.07 Å². The van der Waals surface area contributed by atoms with Gasteiger partial charge in [0.15, 0.2) is 0 Å². The van der Waals surface area contributed by atoms with Crippen LogP contribution in [0, 0.1) is 5.82 Å². The molecule has 0 unspecified atom stereocenters. The summed E-state index contributed by atoms with van der Waals surface area (Å²) in [5, 5.41) is 0. The van der Waals surface area contributed by atoms with Crippen LogP contribution in [0.25, 0.3) is 0 Å². The first-order valence-corrected chi connectivity index (χ1v) is 7.27. The van der Waals surface area contributed by atoms with Crippen LogP contribution in [0.2, 0.25) is 0 Å². The largest absolute Gasteiger partial charge is 0.342 e. The van der Waals surface area contributed by atoms with Crippen molar-refractivity contribution in [1.82, 2.24) is 9.80 Å². The number of rotatable bonds is 2. The molecule has 0 spiro atoms. The minimum atomic E-state index is -0.218. The average Bonchev–Trinajstić information content (AvgIpc) is 2.53. The molecule has 3 nitrogen and oxygen atoms in total. The van der Waals surface area contributed by atoms with Gasteiger partial charge in [-0.25, -0.2) is 4.39 Å². The Hall–Kier alpha value is -0.940. The van der Waals surface area contributed by atoms with Crippen LogP contribution in [0.15, 0.2) is 22.7 Å². The van der Waals surface area contributed by atoms with Gasteiger partial charge in [0.1, 0.15) is 5.82 Å². The molecule has 1 aliphatic rings. The Morgan fingerprint density at radius 3 is 2.74 bits per heavy atom. The van der Waals surface area contributed by atoms with Gasteiger partial charge >= 0.3 is 0 Å². The first kappa shape index (κ1) is 14.5. The molecule has 19 heavy (non-hydrogen) atoms. The van der Waals surface area contributed by atoms with Gasteiger partial charge in [0.2, 0.25) is 5.91 Å². The zero-order chi connectivity index (χ0) is 13.8. The van der Waals surface area contributed by atoms with E-state index in [9.17, 15) is 9.18 Å². The molecule has 5 heteroatoms. The highest BCUT2D eigenvalue weighted by molar-refractivity contribution is 9.10. The number of hydrogen-bond acceptors (Lipinski definition) is 2. The molecule has 0 aromatic heterocycles. The Morgan fingerprint density at radius 1 is 1.26 bits per heavy atom. The molecular formula is C14H18BrFN2O. The average molecular weight is 329 g/mol. The van der Waals surface area contributed by atoms with E-state index in [2.05, 4.69) is 20.8 Å². The Balaban J connectivity index is 1.97. The summed E-state index contributed by atoms with van der Waals surface area (Å²) in [6.45, 7) is 5.69. The third-order valence-corrected chi connectivity index (χ3v) is 3.82. The van der Waals surface area contributed by atoms with E-state index >= 15 is 0 Å². The predicted octanol–water partition coefficient (Wildman–Crippen LogP) is 2.64. The highest BCUT2D eigenvalue weighted by atomic mass is 79.9. The molecule has 1 saturated heterocycles. The summed E-state index contributed by atoms with van der Waals surface area (Å²) in [5.41, 5.74) is 0.961. The lowest BCUT2D eigenvalue weighted by atomic mass is 10.2. The van der Waals surface area contributed by atoms with Crippen LogP contribution < -0.4 is 0 Å². The standard InChI is InChI=1S/C14H18BrFN2O/c1-11(19)18-4-2-3-17(5-6-18)10-12-7-13(15)9-14(16)8-12/h7-9H,2-6,10H2,1H3. The van der Waals surface area contributed by atoms with Gasteiger partial charge in [0, 0.05) is 44.1 Å². The molecule has 1 fully saturated rings. The summed E-state index contributed by atoms with van der Waals surface area (Å²) >= 11 is 3.31. The fourth-order valence-corrected chi connectivity index (χ4v) is 2.92. The maximum atomic E-state index is 13.3. The first-order chi connectivity index (χ1) is 9.04. The summed E-state index contributed by atoms with van der Waals surface area (Å²) in [6.07, 6.45) is 0.968. The van der Waals surface area contributed by atoms with E-state index in [1.807, 2.05) is 11.0 Å². The van der Waals surface area contributed by atoms with Crippen molar-refractivity contribution in [2.75, 3.05) is 26.2 Å². The molecule has 0 N–H and O–H groups in total. The van der Waals surface area contributed by atoms with Gasteiger partial charge < -0.3 is 4.90 Å². The molecule has 1 heterocycles. The maximum absolute atomic E-state index is 13.3. The molecule has 2 rings (SSSR count). The third-order valence-electron chi connectivity index (χ3n) is 3.36. The van der Waals surface area contributed by atoms with E-state index in [-0.39, 0.29) is 11.7 Å². The van der Waals surface area contributed by atoms with Crippen LogP contribution >= 0.6 is 15.9 Å². The van der Waals surface area contributed by atoms with Gasteiger partial charge in [-0.15, -0.1) is 0 Å². The van der Waals surface area contributed by atoms with E-state index < -0.39 is 0 Å². The fourth-order valence-electron chi connectivity index (χ4n) is 2.40. The van der Waals surface area contributed by atoms with Gasteiger partial charge in [-0.05, 0) is 30.2 Å². The quantitative estimate of drug-likeness (QED) is 0.833. The summed E-state index contributed by atoms with van der Waals surface area (Å²) in [4.78, 5) is 15.5. The van der Waals surface area contributed by atoms with Crippen molar-refractivity contribution in [2.45, 2.75) is 19.9 Å². The summed E-state index contributed by atoms with van der Waals surface area (Å²) in [7, 11) is 0. The molecule has 0 atom stereocenters. The lowest BCUT2D eigenvalue weighted by molar-refractivity contribution is -0.128. The zero-order valence-corrected chi connectivity index (χ0v) is 12.6. The third kappa shape index (κ3) is 4.28. The van der Waals surface area contributed by atoms with E-state index in [0.717, 1.165) is 49.2 Å². The van der Waals surface area contributed by atoms with Gasteiger partial charge in [0.25, 0.3) is 0 Å². The molecule has 104 valence electrons. The lowest BCUT2D eigenvalue weighted by Crippen LogP contribution is -2.33. The number of halogens is 2. The van der Waals surface area contributed by atoms with Crippen molar-refractivity contribution >= 4 is 21.8 Å². The molecule has 0 bridgehead atoms. The Kier molecular flexibility index (Phi) is 4.93. The molecule has 1 aromatic carbocycles. The second kappa shape index (κ2) is 6.48. The van der Waals surface area contributed by atoms with Crippen molar-refractivity contribution in [2.24, 2.45) is 0 Å². The monoisotopic (exact) mass is 328 g/mol. The van der Waals surface area contributed by atoms with E-state index in [4.69, 9.17) is 0 Å². The van der Waals surface area contributed by atoms with Gasteiger partial charge in [0.05, 0.1) is 0 Å².